The summed E-state index contributed by atoms with van der Waals surface area (Å²) in [5.41, 5.74) is 1.44. The van der Waals surface area contributed by atoms with Crippen molar-refractivity contribution in [3.8, 4) is 5.75 Å². The lowest BCUT2D eigenvalue weighted by molar-refractivity contribution is 0.0690. The van der Waals surface area contributed by atoms with Gasteiger partial charge in [-0.2, -0.15) is 0 Å². The number of piperidine rings is 1. The highest BCUT2D eigenvalue weighted by Gasteiger charge is 2.22. The average molecular weight is 340 g/mol. The van der Waals surface area contributed by atoms with E-state index >= 15 is 0 Å². The van der Waals surface area contributed by atoms with E-state index in [-0.39, 0.29) is 5.91 Å². The summed E-state index contributed by atoms with van der Waals surface area (Å²) < 4.78 is 5.33. The van der Waals surface area contributed by atoms with Crippen LogP contribution in [0.3, 0.4) is 0 Å². The zero-order valence-electron chi connectivity index (χ0n) is 14.7. The maximum Gasteiger partial charge on any atom is 0.274 e. The number of anilines is 1. The number of rotatable bonds is 5. The minimum atomic E-state index is -0.0318. The number of para-hydroxylation sites is 1. The van der Waals surface area contributed by atoms with Gasteiger partial charge in [-0.1, -0.05) is 25.1 Å². The molecular formula is C19H24N4O2. The molecule has 6 nitrogen and oxygen atoms in total. The maximum absolute atomic E-state index is 12.5. The van der Waals surface area contributed by atoms with Gasteiger partial charge in [0.2, 0.25) is 0 Å². The number of hydrogen-bond acceptors (Lipinski definition) is 5. The number of likely N-dealkylation sites (tertiary alicyclic amines) is 1. The molecule has 1 N–H and O–H groups in total. The predicted molar refractivity (Wildman–Crippen MR) is 96.7 cm³/mol. The van der Waals surface area contributed by atoms with Crippen molar-refractivity contribution in [2.75, 3.05) is 25.5 Å². The molecule has 0 saturated carbocycles. The van der Waals surface area contributed by atoms with Crippen LogP contribution in [-0.2, 0) is 6.54 Å². The van der Waals surface area contributed by atoms with Crippen LogP contribution in [0.5, 0.6) is 5.75 Å². The van der Waals surface area contributed by atoms with Crippen LogP contribution in [0, 0.1) is 5.92 Å². The van der Waals surface area contributed by atoms with Gasteiger partial charge in [0.1, 0.15) is 11.6 Å². The summed E-state index contributed by atoms with van der Waals surface area (Å²) in [6.45, 7) is 4.41. The molecule has 0 aliphatic carbocycles. The Balaban J connectivity index is 1.59. The van der Waals surface area contributed by atoms with Crippen LogP contribution in [0.25, 0.3) is 0 Å². The minimum Gasteiger partial charge on any atom is -0.496 e. The highest BCUT2D eigenvalue weighted by atomic mass is 16.5. The summed E-state index contributed by atoms with van der Waals surface area (Å²) in [5.74, 6) is 2.12. The van der Waals surface area contributed by atoms with Crippen molar-refractivity contribution in [2.45, 2.75) is 26.3 Å². The smallest absolute Gasteiger partial charge is 0.274 e. The van der Waals surface area contributed by atoms with Gasteiger partial charge in [-0.05, 0) is 37.0 Å². The fraction of sp³-hybridized carbons (Fsp3) is 0.421. The fourth-order valence-electron chi connectivity index (χ4n) is 2.95. The molecule has 0 radical (unpaired) electrons. The molecule has 3 rings (SSSR count). The minimum absolute atomic E-state index is 0.0318. The number of aromatic nitrogens is 2. The topological polar surface area (TPSA) is 67.3 Å². The molecule has 2 aromatic rings. The van der Waals surface area contributed by atoms with Gasteiger partial charge >= 0.3 is 0 Å². The van der Waals surface area contributed by atoms with Crippen molar-refractivity contribution in [3.05, 3.63) is 47.7 Å². The Morgan fingerprint density at radius 2 is 1.96 bits per heavy atom. The van der Waals surface area contributed by atoms with Crippen molar-refractivity contribution in [1.29, 1.82) is 0 Å². The van der Waals surface area contributed by atoms with Crippen molar-refractivity contribution in [1.82, 2.24) is 15.1 Å². The predicted octanol–water partition coefficient (Wildman–Crippen LogP) is 2.97. The van der Waals surface area contributed by atoms with Crippen LogP contribution < -0.4 is 10.1 Å². The number of nitrogens with zero attached hydrogens (tertiary/aromatic N) is 3. The Hall–Kier alpha value is -2.63. The number of carbonyl (C=O) groups excluding carboxylic acids is 1. The molecule has 1 saturated heterocycles. The zero-order chi connectivity index (χ0) is 17.6. The SMILES string of the molecule is COc1ccccc1CNc1ccc(C(=O)N2CCC(C)CC2)nn1. The van der Waals surface area contributed by atoms with E-state index in [0.29, 0.717) is 24.0 Å². The monoisotopic (exact) mass is 340 g/mol. The molecule has 1 fully saturated rings. The second kappa shape index (κ2) is 7.96. The van der Waals surface area contributed by atoms with Crippen molar-refractivity contribution in [2.24, 2.45) is 5.92 Å². The number of amides is 1. The van der Waals surface area contributed by atoms with Gasteiger partial charge in [0.25, 0.3) is 5.91 Å². The molecule has 132 valence electrons. The number of hydrogen-bond donors (Lipinski definition) is 1. The number of benzene rings is 1. The Kier molecular flexibility index (Phi) is 5.48. The maximum atomic E-state index is 12.5. The van der Waals surface area contributed by atoms with Gasteiger partial charge < -0.3 is 15.0 Å². The van der Waals surface area contributed by atoms with Gasteiger partial charge in [-0.15, -0.1) is 10.2 Å². The molecule has 0 spiro atoms. The summed E-state index contributed by atoms with van der Waals surface area (Å²) >= 11 is 0. The van der Waals surface area contributed by atoms with Gasteiger partial charge in [-0.25, -0.2) is 0 Å². The van der Waals surface area contributed by atoms with E-state index in [4.69, 9.17) is 4.74 Å². The van der Waals surface area contributed by atoms with Crippen LogP contribution >= 0.6 is 0 Å². The van der Waals surface area contributed by atoms with Crippen LogP contribution in [0.15, 0.2) is 36.4 Å². The first-order valence-electron chi connectivity index (χ1n) is 8.66. The van der Waals surface area contributed by atoms with Crippen molar-refractivity contribution >= 4 is 11.7 Å². The van der Waals surface area contributed by atoms with Gasteiger partial charge in [0.05, 0.1) is 7.11 Å². The van der Waals surface area contributed by atoms with Crippen LogP contribution in [0.4, 0.5) is 5.82 Å². The molecule has 0 bridgehead atoms. The van der Waals surface area contributed by atoms with Gasteiger partial charge in [0.15, 0.2) is 5.69 Å². The molecule has 25 heavy (non-hydrogen) atoms. The molecule has 2 heterocycles. The molecule has 1 aromatic carbocycles. The number of nitrogens with one attached hydrogen (secondary N) is 1. The summed E-state index contributed by atoms with van der Waals surface area (Å²) in [5, 5.41) is 11.4. The van der Waals surface area contributed by atoms with Crippen LogP contribution in [0.1, 0.15) is 35.8 Å². The lowest BCUT2D eigenvalue weighted by atomic mass is 9.99. The fourth-order valence-corrected chi connectivity index (χ4v) is 2.95. The molecule has 1 aromatic heterocycles. The van der Waals surface area contributed by atoms with E-state index in [0.717, 1.165) is 37.2 Å². The lowest BCUT2D eigenvalue weighted by Crippen LogP contribution is -2.38. The third-order valence-electron chi connectivity index (χ3n) is 4.61. The largest absolute Gasteiger partial charge is 0.496 e. The van der Waals surface area contributed by atoms with Crippen molar-refractivity contribution in [3.63, 3.8) is 0 Å². The van der Waals surface area contributed by atoms with Crippen LogP contribution in [0.2, 0.25) is 0 Å². The highest BCUT2D eigenvalue weighted by Crippen LogP contribution is 2.19. The van der Waals surface area contributed by atoms with E-state index in [1.807, 2.05) is 29.2 Å². The van der Waals surface area contributed by atoms with Gasteiger partial charge in [0, 0.05) is 25.2 Å². The summed E-state index contributed by atoms with van der Waals surface area (Å²) in [4.78, 5) is 14.3. The number of ether oxygens (including phenoxy) is 1. The number of methoxy groups -OCH3 is 1. The van der Waals surface area contributed by atoms with Crippen molar-refractivity contribution < 1.29 is 9.53 Å². The Morgan fingerprint density at radius 1 is 1.20 bits per heavy atom. The molecule has 1 aliphatic heterocycles. The Labute approximate surface area is 148 Å². The molecule has 1 aliphatic rings. The zero-order valence-corrected chi connectivity index (χ0v) is 14.7. The number of carbonyl (C=O) groups is 1. The average Bonchev–Trinajstić information content (AvgIpc) is 2.67. The first-order valence-corrected chi connectivity index (χ1v) is 8.66. The third kappa shape index (κ3) is 4.26. The van der Waals surface area contributed by atoms with E-state index in [1.165, 1.54) is 0 Å². The highest BCUT2D eigenvalue weighted by molar-refractivity contribution is 5.92. The molecule has 1 amide bonds. The second-order valence-corrected chi connectivity index (χ2v) is 6.44. The van der Waals surface area contributed by atoms with E-state index < -0.39 is 0 Å². The first kappa shape index (κ1) is 17.2. The van der Waals surface area contributed by atoms with E-state index in [9.17, 15) is 4.79 Å². The van der Waals surface area contributed by atoms with E-state index in [2.05, 4.69) is 22.4 Å². The third-order valence-corrected chi connectivity index (χ3v) is 4.61. The summed E-state index contributed by atoms with van der Waals surface area (Å²) in [6.07, 6.45) is 2.11. The summed E-state index contributed by atoms with van der Waals surface area (Å²) in [6, 6.07) is 11.3. The first-order chi connectivity index (χ1) is 12.2. The van der Waals surface area contributed by atoms with Gasteiger partial charge in [-0.3, -0.25) is 4.79 Å². The molecule has 0 atom stereocenters. The van der Waals surface area contributed by atoms with Crippen LogP contribution in [-0.4, -0.2) is 41.2 Å². The second-order valence-electron chi connectivity index (χ2n) is 6.44. The Bertz CT molecular complexity index is 710. The normalized spacial score (nSPS) is 15.0. The molecule has 6 heteroatoms. The van der Waals surface area contributed by atoms with E-state index in [1.54, 1.807) is 19.2 Å². The standard InChI is InChI=1S/C19H24N4O2/c1-14-9-11-23(12-10-14)19(24)16-7-8-18(22-21-16)20-13-15-5-3-4-6-17(15)25-2/h3-8,14H,9-13H2,1-2H3,(H,20,22). The quantitative estimate of drug-likeness (QED) is 0.906. The molecule has 0 unspecified atom stereocenters. The molecular weight excluding hydrogens is 316 g/mol. The summed E-state index contributed by atoms with van der Waals surface area (Å²) in [7, 11) is 1.65. The Morgan fingerprint density at radius 3 is 2.64 bits per heavy atom. The lowest BCUT2D eigenvalue weighted by Gasteiger charge is -2.29.